The van der Waals surface area contributed by atoms with Crippen LogP contribution in [0.5, 0.6) is 0 Å². The zero-order valence-corrected chi connectivity index (χ0v) is 8.23. The van der Waals surface area contributed by atoms with E-state index in [1.807, 2.05) is 31.1 Å². The van der Waals surface area contributed by atoms with E-state index in [0.717, 1.165) is 11.6 Å². The van der Waals surface area contributed by atoms with Crippen LogP contribution in [0.4, 0.5) is 0 Å². The molecular weight excluding hydrogens is 178 g/mol. The second-order valence-corrected chi connectivity index (χ2v) is 3.09. The Hall–Kier alpha value is -1.62. The second-order valence-electron chi connectivity index (χ2n) is 3.09. The zero-order valence-electron chi connectivity index (χ0n) is 8.23. The average Bonchev–Trinajstić information content (AvgIpc) is 2.80. The van der Waals surface area contributed by atoms with Crippen LogP contribution in [-0.4, -0.2) is 26.6 Å². The minimum atomic E-state index is 0.0185. The monoisotopic (exact) mass is 191 g/mol. The molecule has 14 heavy (non-hydrogen) atoms. The smallest absolute Gasteiger partial charge is 0.133 e. The van der Waals surface area contributed by atoms with Crippen LogP contribution in [0.25, 0.3) is 0 Å². The number of imidazole rings is 2. The Morgan fingerprint density at radius 1 is 1.43 bits per heavy atom. The van der Waals surface area contributed by atoms with Crippen LogP contribution in [0.1, 0.15) is 17.7 Å². The van der Waals surface area contributed by atoms with E-state index in [4.69, 9.17) is 0 Å². The van der Waals surface area contributed by atoms with E-state index in [2.05, 4.69) is 20.3 Å². The maximum atomic E-state index is 4.28. The van der Waals surface area contributed by atoms with Crippen molar-refractivity contribution in [1.29, 1.82) is 0 Å². The number of aryl methyl sites for hydroxylation is 1. The van der Waals surface area contributed by atoms with E-state index < -0.39 is 0 Å². The molecule has 2 N–H and O–H groups in total. The van der Waals surface area contributed by atoms with Crippen molar-refractivity contribution in [3.05, 3.63) is 36.4 Å². The van der Waals surface area contributed by atoms with E-state index in [0.29, 0.717) is 0 Å². The molecule has 0 fully saturated rings. The third kappa shape index (κ3) is 1.42. The highest BCUT2D eigenvalue weighted by molar-refractivity contribution is 5.11. The molecule has 0 spiro atoms. The highest BCUT2D eigenvalue weighted by Gasteiger charge is 2.17. The lowest BCUT2D eigenvalue weighted by atomic mass is 10.2. The fraction of sp³-hybridized carbons (Fsp3) is 0.333. The first kappa shape index (κ1) is 8.96. The van der Waals surface area contributed by atoms with Crippen molar-refractivity contribution in [3.8, 4) is 0 Å². The van der Waals surface area contributed by atoms with Gasteiger partial charge in [0.2, 0.25) is 0 Å². The molecule has 0 saturated carbocycles. The lowest BCUT2D eigenvalue weighted by Crippen LogP contribution is -2.22. The molecule has 0 bridgehead atoms. The summed E-state index contributed by atoms with van der Waals surface area (Å²) in [6.45, 7) is 0. The van der Waals surface area contributed by atoms with Gasteiger partial charge >= 0.3 is 0 Å². The Morgan fingerprint density at radius 3 is 2.79 bits per heavy atom. The number of nitrogens with zero attached hydrogens (tertiary/aromatic N) is 3. The lowest BCUT2D eigenvalue weighted by Gasteiger charge is -2.12. The van der Waals surface area contributed by atoms with Gasteiger partial charge < -0.3 is 14.9 Å². The van der Waals surface area contributed by atoms with E-state index in [-0.39, 0.29) is 6.04 Å². The van der Waals surface area contributed by atoms with Gasteiger partial charge in [-0.15, -0.1) is 0 Å². The Balaban J connectivity index is 2.36. The maximum Gasteiger partial charge on any atom is 0.133 e. The summed E-state index contributed by atoms with van der Waals surface area (Å²) in [4.78, 5) is 11.6. The first-order chi connectivity index (χ1) is 6.83. The predicted octanol–water partition coefficient (Wildman–Crippen LogP) is 0.452. The molecule has 0 aromatic carbocycles. The maximum absolute atomic E-state index is 4.28. The molecule has 2 rings (SSSR count). The predicted molar refractivity (Wildman–Crippen MR) is 52.7 cm³/mol. The Labute approximate surface area is 82.2 Å². The van der Waals surface area contributed by atoms with Crippen molar-refractivity contribution in [1.82, 2.24) is 24.8 Å². The fourth-order valence-corrected chi connectivity index (χ4v) is 1.48. The van der Waals surface area contributed by atoms with Gasteiger partial charge in [0.15, 0.2) is 0 Å². The van der Waals surface area contributed by atoms with E-state index in [1.54, 1.807) is 12.4 Å². The number of aromatic nitrogens is 4. The first-order valence-electron chi connectivity index (χ1n) is 4.46. The van der Waals surface area contributed by atoms with Gasteiger partial charge in [0.05, 0.1) is 0 Å². The Kier molecular flexibility index (Phi) is 2.32. The second kappa shape index (κ2) is 3.63. The standard InChI is InChI=1S/C9H13N5/c1-10-7(8-11-3-4-12-8)9-13-5-6-14(9)2/h3-7,10H,1-2H3,(H,11,12). The quantitative estimate of drug-likeness (QED) is 0.740. The molecule has 2 aromatic rings. The van der Waals surface area contributed by atoms with E-state index >= 15 is 0 Å². The lowest BCUT2D eigenvalue weighted by molar-refractivity contribution is 0.591. The minimum absolute atomic E-state index is 0.0185. The number of rotatable bonds is 3. The number of nitrogens with one attached hydrogen (secondary N) is 2. The van der Waals surface area contributed by atoms with Crippen LogP contribution in [0.2, 0.25) is 0 Å². The summed E-state index contributed by atoms with van der Waals surface area (Å²) in [6.07, 6.45) is 7.25. The topological polar surface area (TPSA) is 58.5 Å². The number of H-pyrrole nitrogens is 1. The molecule has 5 heteroatoms. The molecule has 0 amide bonds. The van der Waals surface area contributed by atoms with Crippen molar-refractivity contribution in [2.75, 3.05) is 7.05 Å². The van der Waals surface area contributed by atoms with Crippen LogP contribution in [-0.2, 0) is 7.05 Å². The molecule has 5 nitrogen and oxygen atoms in total. The molecule has 0 radical (unpaired) electrons. The van der Waals surface area contributed by atoms with E-state index in [9.17, 15) is 0 Å². The van der Waals surface area contributed by atoms with Crippen molar-refractivity contribution in [2.24, 2.45) is 7.05 Å². The molecule has 2 heterocycles. The Bertz CT molecular complexity index is 389. The number of aromatic amines is 1. The molecule has 0 aliphatic rings. The number of hydrogen-bond acceptors (Lipinski definition) is 3. The summed E-state index contributed by atoms with van der Waals surface area (Å²) < 4.78 is 1.98. The summed E-state index contributed by atoms with van der Waals surface area (Å²) in [5.41, 5.74) is 0. The van der Waals surface area contributed by atoms with Crippen molar-refractivity contribution < 1.29 is 0 Å². The zero-order chi connectivity index (χ0) is 9.97. The largest absolute Gasteiger partial charge is 0.347 e. The van der Waals surface area contributed by atoms with Gasteiger partial charge in [-0.2, -0.15) is 0 Å². The third-order valence-electron chi connectivity index (χ3n) is 2.20. The van der Waals surface area contributed by atoms with Gasteiger partial charge in [0.25, 0.3) is 0 Å². The average molecular weight is 191 g/mol. The van der Waals surface area contributed by atoms with Crippen molar-refractivity contribution >= 4 is 0 Å². The third-order valence-corrected chi connectivity index (χ3v) is 2.20. The van der Waals surface area contributed by atoms with Crippen molar-refractivity contribution in [3.63, 3.8) is 0 Å². The summed E-state index contributed by atoms with van der Waals surface area (Å²) >= 11 is 0. The Morgan fingerprint density at radius 2 is 2.29 bits per heavy atom. The molecule has 0 aliphatic carbocycles. The van der Waals surface area contributed by atoms with Gasteiger partial charge in [-0.25, -0.2) is 9.97 Å². The van der Waals surface area contributed by atoms with Gasteiger partial charge in [0.1, 0.15) is 17.7 Å². The minimum Gasteiger partial charge on any atom is -0.347 e. The van der Waals surface area contributed by atoms with Crippen LogP contribution in [0.15, 0.2) is 24.8 Å². The fourth-order valence-electron chi connectivity index (χ4n) is 1.48. The SMILES string of the molecule is CNC(c1ncc[nH]1)c1nccn1C. The van der Waals surface area contributed by atoms with Crippen LogP contribution >= 0.6 is 0 Å². The number of hydrogen-bond donors (Lipinski definition) is 2. The molecular formula is C9H13N5. The summed E-state index contributed by atoms with van der Waals surface area (Å²) in [7, 11) is 3.86. The van der Waals surface area contributed by atoms with Crippen LogP contribution in [0, 0.1) is 0 Å². The molecule has 74 valence electrons. The van der Waals surface area contributed by atoms with Gasteiger partial charge in [-0.1, -0.05) is 0 Å². The summed E-state index contributed by atoms with van der Waals surface area (Å²) in [5.74, 6) is 1.82. The van der Waals surface area contributed by atoms with Crippen LogP contribution in [0.3, 0.4) is 0 Å². The highest BCUT2D eigenvalue weighted by atomic mass is 15.1. The molecule has 0 aliphatic heterocycles. The summed E-state index contributed by atoms with van der Waals surface area (Å²) in [6, 6.07) is 0.0185. The van der Waals surface area contributed by atoms with E-state index in [1.165, 1.54) is 0 Å². The van der Waals surface area contributed by atoms with Crippen LogP contribution < -0.4 is 5.32 Å². The molecule has 1 atom stereocenters. The molecule has 1 unspecified atom stereocenters. The van der Waals surface area contributed by atoms with Gasteiger partial charge in [0, 0.05) is 31.8 Å². The first-order valence-corrected chi connectivity index (χ1v) is 4.46. The van der Waals surface area contributed by atoms with Crippen molar-refractivity contribution in [2.45, 2.75) is 6.04 Å². The summed E-state index contributed by atoms with van der Waals surface area (Å²) in [5, 5.41) is 3.17. The van der Waals surface area contributed by atoms with Gasteiger partial charge in [-0.05, 0) is 7.05 Å². The molecule has 0 saturated heterocycles. The highest BCUT2D eigenvalue weighted by Crippen LogP contribution is 2.15. The van der Waals surface area contributed by atoms with Gasteiger partial charge in [-0.3, -0.25) is 0 Å². The molecule has 2 aromatic heterocycles. The normalized spacial score (nSPS) is 13.0.